The third-order valence-electron chi connectivity index (χ3n) is 12.1. The van der Waals surface area contributed by atoms with E-state index in [0.29, 0.717) is 68.0 Å². The molecule has 0 radical (unpaired) electrons. The maximum Gasteiger partial charge on any atom is 0.586 e. The quantitative estimate of drug-likeness (QED) is 0.0603. The average molecular weight is 1230 g/mol. The van der Waals surface area contributed by atoms with Gasteiger partial charge < -0.3 is 52.7 Å². The van der Waals surface area contributed by atoms with Crippen LogP contribution in [0.25, 0.3) is 11.1 Å². The van der Waals surface area contributed by atoms with Gasteiger partial charge in [-0.1, -0.05) is 65.1 Å². The highest BCUT2D eigenvalue weighted by Gasteiger charge is 2.46. The molecule has 4 aromatic carbocycles. The Labute approximate surface area is 493 Å². The second-order valence-electron chi connectivity index (χ2n) is 18.2. The SMILES string of the molecule is CC1COC(Cn2cncn2)(c2ccc(Oc3ccc(Cl)cc3)cc2Cl)O1.CN1COCN(Cc2cnc(Cl)s2)/C1=N\[N+](=O)[O-].COCC(=O)N(c1c(C)cccc1C)[C@@H](C)C(=O)OC.N#Cc1c[nH]cc1-c1cccc2c1OC(F)(F)O2. The fraction of sp³-hybridized carbons (Fsp3) is 0.315. The number of aromatic nitrogens is 5. The van der Waals surface area contributed by atoms with Crippen molar-refractivity contribution < 1.29 is 61.3 Å². The highest BCUT2D eigenvalue weighted by Crippen LogP contribution is 2.48. The number of guanidine groups is 1. The van der Waals surface area contributed by atoms with E-state index in [1.54, 1.807) is 89.6 Å². The standard InChI is InChI=1S/C19H17Cl2N3O3.C15H21NO4.C12H6F2N2O2.C8H10ClN5O3S/c1-13-9-25-19(27-13,10-24-12-22-11-23-24)17-7-6-16(8-18(17)21)26-15-4-2-14(20)3-5-15;1-10-7-6-8-11(2)14(10)16(13(17)9-19-4)12(3)15(18)20-5;13-12(14)17-10-3-1-2-8(11(10)18-12)9-6-16-5-7(9)4-15;1-12-4-17-5-13(8(12)11-14(15)16)3-6-2-10-7(9)18-6/h2-8,11-13H,9-10H2,1H3;6-8,12H,9H2,1-5H3;1-3,5-6,16H;2H,3-5H2,1H3/b;;;11-8-/t;12-;;/m.0../s1. The Balaban J connectivity index is 0.000000162. The van der Waals surface area contributed by atoms with Gasteiger partial charge in [0.1, 0.15) is 68.0 Å². The molecule has 3 aliphatic rings. The second-order valence-corrected chi connectivity index (χ2v) is 20.7. The van der Waals surface area contributed by atoms with Crippen molar-refractivity contribution in [1.82, 2.24) is 34.5 Å². The Bertz CT molecular complexity index is 3420. The van der Waals surface area contributed by atoms with Gasteiger partial charge in [-0.25, -0.2) is 29.6 Å². The number of ether oxygens (including phenoxy) is 8. The minimum atomic E-state index is -3.67. The van der Waals surface area contributed by atoms with Crippen molar-refractivity contribution in [2.24, 2.45) is 5.10 Å². The molecule has 2 fully saturated rings. The lowest BCUT2D eigenvalue weighted by Gasteiger charge is -2.34. The predicted octanol–water partition coefficient (Wildman–Crippen LogP) is 10.4. The number of aryl methyl sites for hydroxylation is 2. The van der Waals surface area contributed by atoms with E-state index in [1.165, 1.54) is 49.0 Å². The zero-order valence-electron chi connectivity index (χ0n) is 45.5. The van der Waals surface area contributed by atoms with Crippen molar-refractivity contribution in [3.63, 3.8) is 0 Å². The number of rotatable bonds is 14. The van der Waals surface area contributed by atoms with Gasteiger partial charge in [0.15, 0.2) is 21.0 Å². The third kappa shape index (κ3) is 16.2. The summed E-state index contributed by atoms with van der Waals surface area (Å²) in [7, 11) is 4.43. The highest BCUT2D eigenvalue weighted by molar-refractivity contribution is 7.15. The molecule has 0 saturated carbocycles. The Hall–Kier alpha value is -8.00. The van der Waals surface area contributed by atoms with Crippen LogP contribution in [0.5, 0.6) is 23.0 Å². The fourth-order valence-corrected chi connectivity index (χ4v) is 9.99. The zero-order chi connectivity index (χ0) is 60.0. The van der Waals surface area contributed by atoms with Gasteiger partial charge in [-0.3, -0.25) is 9.69 Å². The summed E-state index contributed by atoms with van der Waals surface area (Å²) in [5.41, 5.74) is 4.52. The molecule has 3 aromatic heterocycles. The molecule has 3 aliphatic heterocycles. The lowest BCUT2D eigenvalue weighted by Crippen LogP contribution is -2.49. The van der Waals surface area contributed by atoms with Crippen LogP contribution in [-0.2, 0) is 52.2 Å². The Morgan fingerprint density at radius 3 is 2.36 bits per heavy atom. The maximum absolute atomic E-state index is 13.0. The van der Waals surface area contributed by atoms with Crippen LogP contribution in [0.15, 0.2) is 115 Å². The van der Waals surface area contributed by atoms with Gasteiger partial charge in [0.05, 0.1) is 42.6 Å². The number of nitriles is 1. The van der Waals surface area contributed by atoms with Crippen LogP contribution in [0.1, 0.15) is 41.0 Å². The van der Waals surface area contributed by atoms with Crippen molar-refractivity contribution in [3.8, 4) is 40.2 Å². The highest BCUT2D eigenvalue weighted by atomic mass is 35.5. The number of hydrogen-bond donors (Lipinski definition) is 1. The number of halogens is 5. The van der Waals surface area contributed by atoms with Crippen LogP contribution >= 0.6 is 46.1 Å². The summed E-state index contributed by atoms with van der Waals surface area (Å²) >= 11 is 19.5. The van der Waals surface area contributed by atoms with Crippen LogP contribution in [0.3, 0.4) is 0 Å². The summed E-state index contributed by atoms with van der Waals surface area (Å²) in [6, 6.07) is 24.1. The molecule has 2 unspecified atom stereocenters. The number of benzene rings is 4. The summed E-state index contributed by atoms with van der Waals surface area (Å²) in [6.07, 6.45) is 4.03. The van der Waals surface area contributed by atoms with Crippen LogP contribution in [0.4, 0.5) is 14.5 Å². The van der Waals surface area contributed by atoms with E-state index >= 15 is 0 Å². The molecule has 0 bridgehead atoms. The number of nitrogens with zero attached hydrogens (tertiary/aromatic N) is 10. The minimum Gasteiger partial charge on any atom is -0.467 e. The lowest BCUT2D eigenvalue weighted by molar-refractivity contribution is -0.486. The number of amides is 1. The number of para-hydroxylation sites is 2. The average Bonchev–Trinajstić information content (AvgIpc) is 4.12. The molecule has 83 heavy (non-hydrogen) atoms. The number of alkyl halides is 2. The molecular formula is C54H54Cl3F2N11O12S. The molecule has 2 saturated heterocycles. The van der Waals surface area contributed by atoms with Crippen LogP contribution < -0.4 is 19.1 Å². The summed E-state index contributed by atoms with van der Waals surface area (Å²) in [4.78, 5) is 50.8. The molecule has 1 amide bonds. The molecule has 0 spiro atoms. The number of fused-ring (bicyclic) bond motifs is 1. The zero-order valence-corrected chi connectivity index (χ0v) is 48.5. The van der Waals surface area contributed by atoms with Crippen molar-refractivity contribution in [3.05, 3.63) is 162 Å². The number of H-pyrrole nitrogens is 1. The van der Waals surface area contributed by atoms with Gasteiger partial charge in [-0.15, -0.1) is 20.1 Å². The van der Waals surface area contributed by atoms with Gasteiger partial charge in [-0.2, -0.15) is 10.4 Å². The monoisotopic (exact) mass is 1220 g/mol. The molecule has 10 rings (SSSR count). The van der Waals surface area contributed by atoms with Crippen LogP contribution in [-0.4, -0.2) is 124 Å². The number of hydrazone groups is 1. The molecule has 1 N–H and O–H groups in total. The molecule has 7 aromatic rings. The van der Waals surface area contributed by atoms with E-state index in [4.69, 9.17) is 68.5 Å². The molecule has 0 aliphatic carbocycles. The largest absolute Gasteiger partial charge is 0.586 e. The molecular weight excluding hydrogens is 1170 g/mol. The van der Waals surface area contributed by atoms with Gasteiger partial charge in [0.25, 0.3) is 11.9 Å². The number of nitrogens with one attached hydrogen (secondary N) is 1. The Morgan fingerprint density at radius 1 is 1.02 bits per heavy atom. The first-order valence-electron chi connectivity index (χ1n) is 24.8. The van der Waals surface area contributed by atoms with Crippen LogP contribution in [0, 0.1) is 35.3 Å². The Kier molecular flexibility index (Phi) is 21.4. The van der Waals surface area contributed by atoms with E-state index in [-0.39, 0.29) is 49.5 Å². The van der Waals surface area contributed by atoms with Crippen LogP contribution in [0.2, 0.25) is 14.5 Å². The molecule has 23 nitrogen and oxygen atoms in total. The molecule has 6 heterocycles. The minimum absolute atomic E-state index is 0.0393. The van der Waals surface area contributed by atoms with Gasteiger partial charge in [-0.05, 0) is 87.4 Å². The number of hydrogen-bond acceptors (Lipinski definition) is 17. The molecule has 438 valence electrons. The van der Waals surface area contributed by atoms with Gasteiger partial charge >= 0.3 is 12.3 Å². The van der Waals surface area contributed by atoms with Gasteiger partial charge in [0, 0.05) is 59.3 Å². The first-order chi connectivity index (χ1) is 39.6. The molecule has 29 heteroatoms. The number of esters is 1. The number of aromatic amines is 1. The van der Waals surface area contributed by atoms with Crippen molar-refractivity contribution in [1.29, 1.82) is 5.26 Å². The fourth-order valence-electron chi connectivity index (χ4n) is 8.56. The topological polar surface area (TPSA) is 256 Å². The third-order valence-corrected chi connectivity index (χ3v) is 13.8. The molecule has 3 atom stereocenters. The summed E-state index contributed by atoms with van der Waals surface area (Å²) in [6.45, 7) is 9.05. The number of anilines is 1. The Morgan fingerprint density at radius 2 is 1.75 bits per heavy atom. The van der Waals surface area contributed by atoms with E-state index in [0.717, 1.165) is 21.7 Å². The predicted molar refractivity (Wildman–Crippen MR) is 301 cm³/mol. The summed E-state index contributed by atoms with van der Waals surface area (Å²) in [5.74, 6) is -0.323. The van der Waals surface area contributed by atoms with Crippen molar-refractivity contribution in [2.45, 2.75) is 65.0 Å². The second kappa shape index (κ2) is 28.3. The number of carbonyl (C=O) groups is 2. The van der Waals surface area contributed by atoms with E-state index < -0.39 is 29.1 Å². The number of thiazole rings is 1. The smallest absolute Gasteiger partial charge is 0.467 e. The van der Waals surface area contributed by atoms with Crippen molar-refractivity contribution in [2.75, 3.05) is 52.8 Å². The maximum atomic E-state index is 13.0. The van der Waals surface area contributed by atoms with E-state index in [9.17, 15) is 28.5 Å². The first-order valence-corrected chi connectivity index (χ1v) is 26.8. The number of nitro groups is 1. The van der Waals surface area contributed by atoms with Crippen molar-refractivity contribution >= 4 is 69.7 Å². The van der Waals surface area contributed by atoms with Gasteiger partial charge in [0.2, 0.25) is 5.79 Å². The normalized spacial score (nSPS) is 17.4. The summed E-state index contributed by atoms with van der Waals surface area (Å²) < 4.78 is 69.9. The first kappa shape index (κ1) is 62.6. The van der Waals surface area contributed by atoms with E-state index in [1.807, 2.05) is 57.2 Å². The lowest BCUT2D eigenvalue weighted by atomic mass is 10.0. The number of methoxy groups -OCH3 is 2. The number of carbonyl (C=O) groups excluding carboxylic acids is 2. The summed E-state index contributed by atoms with van der Waals surface area (Å²) in [5, 5.41) is 27.4. The van der Waals surface area contributed by atoms with E-state index in [2.05, 4.69) is 34.6 Å².